The van der Waals surface area contributed by atoms with Gasteiger partial charge < -0.3 is 127 Å². The van der Waals surface area contributed by atoms with E-state index in [1.165, 1.54) is 25.9 Å². The molecule has 104 heavy (non-hydrogen) atoms. The molecular formula is C55H116Ac8BrClF6N8O23S2. The van der Waals surface area contributed by atoms with Gasteiger partial charge in [-0.15, -0.1) is 11.8 Å². The zero-order valence-electron chi connectivity index (χ0n) is 59.6. The minimum Gasteiger partial charge on any atom is -0.396 e. The summed E-state index contributed by atoms with van der Waals surface area (Å²) in [6.07, 6.45) is -14.4. The summed E-state index contributed by atoms with van der Waals surface area (Å²) in [6.45, 7) is 5.37. The number of unbranched alkanes of at least 4 members (excludes halogenated alkanes) is 6. The monoisotopic (exact) mass is 3360 g/mol. The normalized spacial score (nSPS) is 23.2. The molecule has 0 saturated carbocycles. The maximum atomic E-state index is 11.8. The van der Waals surface area contributed by atoms with E-state index in [4.69, 9.17) is 78.0 Å². The summed E-state index contributed by atoms with van der Waals surface area (Å²) in [7, 11) is 9.41. The minimum absolute atomic E-state index is 0. The van der Waals surface area contributed by atoms with Gasteiger partial charge in [0.05, 0.1) is 33.5 Å². The van der Waals surface area contributed by atoms with Crippen LogP contribution in [0.5, 0.6) is 0 Å². The number of amides is 2. The van der Waals surface area contributed by atoms with E-state index in [2.05, 4.69) is 46.5 Å². The van der Waals surface area contributed by atoms with E-state index in [-0.39, 0.29) is 391 Å². The number of alkyl halides is 7. The third-order valence-electron chi connectivity index (χ3n) is 12.6. The SMILES string of the molecule is C.CCCCCN(C)C(=O)C(F)(F)F.CN(CCCCO)C(=O)C(F)(F)F.CNCCCC(O)O.CNCCCCO.CNCCCCS[C@@H]1OC(CO)[C@H](O)C(O)C1O.COOCCCCNCl.N=C(N)S[C@@H]1OC(CO)[C@H](O)C(O)C1O.OCC1O[C@H](Br)C(O)C(O)[C@H]1O.[Ac].[Ac].[Ac].[Ac].[Ac].[Ac].[Ac].[Ac]. The third kappa shape index (κ3) is 79.2. The van der Waals surface area contributed by atoms with Gasteiger partial charge in [0.2, 0.25) is 0 Å². The molecule has 3 aliphatic heterocycles. The molecule has 3 rings (SSSR count). The van der Waals surface area contributed by atoms with Gasteiger partial charge in [0.15, 0.2) is 11.5 Å². The summed E-state index contributed by atoms with van der Waals surface area (Å²) in [5, 5.41) is 160. The van der Waals surface area contributed by atoms with Crippen LogP contribution in [0.4, 0.5) is 26.3 Å². The van der Waals surface area contributed by atoms with E-state index >= 15 is 0 Å². The van der Waals surface area contributed by atoms with Gasteiger partial charge in [-0.2, -0.15) is 26.3 Å². The van der Waals surface area contributed by atoms with Gasteiger partial charge in [0, 0.05) is 399 Å². The first-order chi connectivity index (χ1) is 44.5. The first-order valence-corrected chi connectivity index (χ1v) is 33.6. The fourth-order valence-corrected chi connectivity index (χ4v) is 9.82. The van der Waals surface area contributed by atoms with Crippen molar-refractivity contribution in [3.05, 3.63) is 0 Å². The molecule has 2 amide bonds. The predicted molar refractivity (Wildman–Crippen MR) is 353 cm³/mol. The smallest absolute Gasteiger partial charge is 0.396 e. The number of aliphatic hydroxyl groups excluding tert-OH is 15. The second kappa shape index (κ2) is 95.2. The van der Waals surface area contributed by atoms with Crippen molar-refractivity contribution >= 4 is 68.2 Å². The molecule has 0 aromatic rings. The number of rotatable bonds is 32. The quantitative estimate of drug-likeness (QED) is 0.00402. The average molecular weight is 3370 g/mol. The number of aliphatic hydroxyl groups is 16. The molecule has 0 spiro atoms. The van der Waals surface area contributed by atoms with Gasteiger partial charge in [0.25, 0.3) is 0 Å². The van der Waals surface area contributed by atoms with Crippen LogP contribution in [0.1, 0.15) is 97.8 Å². The number of carbonyl (C=O) groups is 2. The second-order valence-corrected chi connectivity index (χ2v) is 24.2. The van der Waals surface area contributed by atoms with Crippen LogP contribution in [0.15, 0.2) is 0 Å². The first kappa shape index (κ1) is 146. The summed E-state index contributed by atoms with van der Waals surface area (Å²) in [5.41, 5.74) is 3.54. The molecule has 0 aromatic heterocycles. The van der Waals surface area contributed by atoms with E-state index in [0.717, 1.165) is 102 Å². The van der Waals surface area contributed by atoms with Crippen molar-refractivity contribution in [1.29, 1.82) is 5.41 Å². The molecule has 3 saturated heterocycles. The van der Waals surface area contributed by atoms with E-state index in [1.54, 1.807) is 0 Å². The van der Waals surface area contributed by atoms with Crippen LogP contribution in [0, 0.1) is 358 Å². The van der Waals surface area contributed by atoms with Crippen molar-refractivity contribution in [2.45, 2.75) is 206 Å². The molecule has 3 heterocycles. The molecule has 49 heteroatoms. The van der Waals surface area contributed by atoms with Crippen LogP contribution in [-0.4, -0.2) is 343 Å². The van der Waals surface area contributed by atoms with Crippen molar-refractivity contribution in [1.82, 2.24) is 30.6 Å². The Kier molecular flexibility index (Phi) is 133. The number of thioether (sulfide) groups is 2. The summed E-state index contributed by atoms with van der Waals surface area (Å²) in [5.74, 6) is -2.81. The maximum absolute atomic E-state index is 11.8. The van der Waals surface area contributed by atoms with Gasteiger partial charge in [-0.05, 0) is 129 Å². The van der Waals surface area contributed by atoms with Crippen LogP contribution in [0.25, 0.3) is 0 Å². The van der Waals surface area contributed by atoms with Crippen molar-refractivity contribution < 1.29 is 494 Å². The molecule has 9 unspecified atom stereocenters. The summed E-state index contributed by atoms with van der Waals surface area (Å²) >= 11 is 10.3. The molecule has 0 bridgehead atoms. The van der Waals surface area contributed by atoms with Crippen LogP contribution >= 0.6 is 51.2 Å². The van der Waals surface area contributed by atoms with Crippen molar-refractivity contribution in [3.8, 4) is 0 Å². The van der Waals surface area contributed by atoms with Crippen LogP contribution in [-0.2, 0) is 33.6 Å². The number of halogens is 8. The number of ether oxygens (including phenoxy) is 3. The molecule has 3 fully saturated rings. The van der Waals surface area contributed by atoms with E-state index in [0.29, 0.717) is 55.6 Å². The van der Waals surface area contributed by atoms with Crippen LogP contribution in [0.2, 0.25) is 0 Å². The van der Waals surface area contributed by atoms with Gasteiger partial charge in [0.1, 0.15) is 89.1 Å². The number of hydrogen-bond donors (Lipinski definition) is 22. The average Bonchev–Trinajstić information content (AvgIpc) is 0.833. The second-order valence-electron chi connectivity index (χ2n) is 20.7. The van der Waals surface area contributed by atoms with Gasteiger partial charge in [-0.1, -0.05) is 54.9 Å². The van der Waals surface area contributed by atoms with E-state index < -0.39 is 133 Å². The fraction of sp³-hybridized carbons (Fsp3) is 0.945. The Morgan fingerprint density at radius 1 is 0.558 bits per heavy atom. The van der Waals surface area contributed by atoms with Crippen molar-refractivity contribution in [2.24, 2.45) is 5.73 Å². The number of nitrogens with zero attached hydrogens (tertiary/aromatic N) is 2. The molecule has 31 nitrogen and oxygen atoms in total. The molecular weight excluding hydrogens is 3250 g/mol. The van der Waals surface area contributed by atoms with Crippen molar-refractivity contribution in [2.75, 3.05) is 127 Å². The molecule has 23 N–H and O–H groups in total. The number of nitrogens with one attached hydrogen (secondary N) is 5. The molecule has 0 aliphatic carbocycles. The molecule has 0 aromatic carbocycles. The zero-order valence-corrected chi connectivity index (χ0v) is 102. The van der Waals surface area contributed by atoms with E-state index in [9.17, 15) is 76.8 Å². The predicted octanol–water partition coefficient (Wildman–Crippen LogP) is -1.91. The Labute approximate surface area is 918 Å². The Morgan fingerprint density at radius 2 is 0.913 bits per heavy atom. The number of amidine groups is 1. The van der Waals surface area contributed by atoms with Gasteiger partial charge >= 0.3 is 24.2 Å². The third-order valence-corrected chi connectivity index (χ3v) is 15.7. The standard InChI is InChI=1S/C11H23NO5S.C8H14F3NO.C7H12F3NO2.C7H14N2O5S.C6H11BrO5.C5H12ClNO2.C5H13NO2.C5H13NO.CH4.8Ac/c1-12-4-2-3-5-18-11-10(16)9(15)8(14)7(6-13)17-11;1-3-4-5-6-12(2)7(13)8(9,10)11;1-11(4-2-3-5-12)6(13)7(8,9)10;8-7(9)15-6-5(13)4(12)3(11)2(1-10)14-6;7-6-5(11)4(10)3(9)2(1-8)12-6;1-8-9-5-3-2-4-7-6;1-6-4-2-3-5(7)8;1-6-4-2-3-5-7;;;;;;;;;/h7-16H,2-6H2,1H3;3-6H2,1-2H3;12H,2-5H2,1H3;2-6,10-13H,1H2,(H3,8,9);2-6,8-11H,1H2;7H,2-5H2,1H3;5-8H,2-4H2,1H3;6-7H,2-5H2,1H3;1H4;;;;;;;;/t7?,8-,9?,10?,11-;;;2*2?,3-,4?,5?,6-;;;;;;;;;;;;/m0..00............/s1. The van der Waals surface area contributed by atoms with E-state index in [1.807, 2.05) is 28.1 Å². The minimum atomic E-state index is -4.80. The van der Waals surface area contributed by atoms with Crippen LogP contribution < -0.4 is 26.5 Å². The Balaban J connectivity index is -0.0000000743. The number of nitrogens with two attached hydrogens (primary N) is 1. The largest absolute Gasteiger partial charge is 0.471 e. The zero-order chi connectivity index (χ0) is 74.3. The molecule has 3 aliphatic rings. The molecule has 15 atom stereocenters. The fourth-order valence-electron chi connectivity index (χ4n) is 7.16. The maximum Gasteiger partial charge on any atom is 0.471 e. The summed E-state index contributed by atoms with van der Waals surface area (Å²) in [6, 6.07) is 0. The molecule has 8 radical (unpaired) electrons. The van der Waals surface area contributed by atoms with Gasteiger partial charge in [-0.25, -0.2) is 14.6 Å². The molecule has 606 valence electrons. The topological polar surface area (TPSA) is 508 Å². The Hall–Kier alpha value is 9.99. The summed E-state index contributed by atoms with van der Waals surface area (Å²) < 4.78 is 86.1. The Morgan fingerprint density at radius 3 is 1.27 bits per heavy atom. The van der Waals surface area contributed by atoms with Gasteiger partial charge in [-0.3, -0.25) is 15.0 Å². The number of hydrogen-bond acceptors (Lipinski definition) is 30. The van der Waals surface area contributed by atoms with Crippen LogP contribution in [0.3, 0.4) is 0 Å². The number of carbonyl (C=O) groups excluding carboxylic acids is 2. The Bertz CT molecular complexity index is 1790. The van der Waals surface area contributed by atoms with Crippen molar-refractivity contribution in [3.63, 3.8) is 0 Å². The first-order valence-electron chi connectivity index (χ1n) is 30.4. The summed E-state index contributed by atoms with van der Waals surface area (Å²) in [4.78, 5) is 33.9.